The van der Waals surface area contributed by atoms with Crippen molar-refractivity contribution in [3.8, 4) is 0 Å². The van der Waals surface area contributed by atoms with Crippen molar-refractivity contribution in [1.82, 2.24) is 9.78 Å². The molecule has 0 saturated carbocycles. The predicted octanol–water partition coefficient (Wildman–Crippen LogP) is -0.0973. The van der Waals surface area contributed by atoms with Crippen molar-refractivity contribution < 1.29 is 5.11 Å². The van der Waals surface area contributed by atoms with Gasteiger partial charge in [0.25, 0.3) is 0 Å². The van der Waals surface area contributed by atoms with Gasteiger partial charge in [0.15, 0.2) is 0 Å². The minimum Gasteiger partial charge on any atom is -0.385 e. The molecule has 1 unspecified atom stereocenters. The van der Waals surface area contributed by atoms with E-state index in [0.717, 1.165) is 24.1 Å². The third kappa shape index (κ3) is 1.26. The van der Waals surface area contributed by atoms with Crippen LogP contribution in [0, 0.1) is 0 Å². The largest absolute Gasteiger partial charge is 0.385 e. The molecule has 3 N–H and O–H groups in total. The highest BCUT2D eigenvalue weighted by molar-refractivity contribution is 5.30. The summed E-state index contributed by atoms with van der Waals surface area (Å²) in [5, 5.41) is 14.5. The summed E-state index contributed by atoms with van der Waals surface area (Å²) in [5.74, 6) is 0. The van der Waals surface area contributed by atoms with E-state index in [1.54, 1.807) is 4.68 Å². The minimum atomic E-state index is -0.710. The highest BCUT2D eigenvalue weighted by atomic mass is 16.3. The van der Waals surface area contributed by atoms with Gasteiger partial charge in [0, 0.05) is 18.8 Å². The second-order valence-corrected chi connectivity index (χ2v) is 3.73. The molecule has 0 aliphatic heterocycles. The van der Waals surface area contributed by atoms with E-state index in [9.17, 15) is 5.11 Å². The Morgan fingerprint density at radius 3 is 3.23 bits per heavy atom. The van der Waals surface area contributed by atoms with Gasteiger partial charge in [-0.3, -0.25) is 4.68 Å². The van der Waals surface area contributed by atoms with Gasteiger partial charge in [-0.2, -0.15) is 5.10 Å². The normalized spacial score (nSPS) is 26.4. The number of hydrogen-bond acceptors (Lipinski definition) is 3. The van der Waals surface area contributed by atoms with Gasteiger partial charge in [-0.1, -0.05) is 0 Å². The van der Waals surface area contributed by atoms with Gasteiger partial charge in [0.05, 0.1) is 11.3 Å². The molecule has 1 aliphatic carbocycles. The van der Waals surface area contributed by atoms with Gasteiger partial charge in [0.2, 0.25) is 0 Å². The second kappa shape index (κ2) is 2.82. The van der Waals surface area contributed by atoms with Crippen molar-refractivity contribution in [2.24, 2.45) is 12.8 Å². The summed E-state index contributed by atoms with van der Waals surface area (Å²) in [6.45, 7) is 0.519. The summed E-state index contributed by atoms with van der Waals surface area (Å²) in [5.41, 5.74) is 6.76. The maximum Gasteiger partial charge on any atom is 0.0945 e. The second-order valence-electron chi connectivity index (χ2n) is 3.73. The summed E-state index contributed by atoms with van der Waals surface area (Å²) in [7, 11) is 1.88. The summed E-state index contributed by atoms with van der Waals surface area (Å²) < 4.78 is 1.76. The first kappa shape index (κ1) is 8.72. The summed E-state index contributed by atoms with van der Waals surface area (Å²) >= 11 is 0. The van der Waals surface area contributed by atoms with Gasteiger partial charge in [-0.05, 0) is 25.8 Å². The first-order valence-electron chi connectivity index (χ1n) is 4.61. The maximum atomic E-state index is 10.2. The number of hydrogen-bond donors (Lipinski definition) is 2. The SMILES string of the molecule is Cn1cc2c(n1)CCC2(O)CCN. The molecule has 0 spiro atoms. The summed E-state index contributed by atoms with van der Waals surface area (Å²) in [4.78, 5) is 0. The lowest BCUT2D eigenvalue weighted by molar-refractivity contribution is 0.0317. The quantitative estimate of drug-likeness (QED) is 0.669. The molecule has 1 atom stereocenters. The van der Waals surface area contributed by atoms with Crippen LogP contribution < -0.4 is 5.73 Å². The van der Waals surface area contributed by atoms with E-state index in [2.05, 4.69) is 5.10 Å². The molecule has 0 amide bonds. The highest BCUT2D eigenvalue weighted by Crippen LogP contribution is 2.38. The Bertz CT molecular complexity index is 321. The van der Waals surface area contributed by atoms with Crippen molar-refractivity contribution in [3.05, 3.63) is 17.5 Å². The van der Waals surface area contributed by atoms with Crippen LogP contribution in [0.3, 0.4) is 0 Å². The third-order valence-electron chi connectivity index (χ3n) is 2.74. The molecule has 1 aromatic heterocycles. The Balaban J connectivity index is 2.35. The lowest BCUT2D eigenvalue weighted by Gasteiger charge is -2.21. The van der Waals surface area contributed by atoms with E-state index in [-0.39, 0.29) is 0 Å². The van der Waals surface area contributed by atoms with Crippen molar-refractivity contribution in [2.45, 2.75) is 24.9 Å². The van der Waals surface area contributed by atoms with E-state index >= 15 is 0 Å². The van der Waals surface area contributed by atoms with Crippen molar-refractivity contribution >= 4 is 0 Å². The van der Waals surface area contributed by atoms with Crippen LogP contribution in [0.1, 0.15) is 24.1 Å². The molecule has 1 aromatic rings. The molecule has 4 nitrogen and oxygen atoms in total. The lowest BCUT2D eigenvalue weighted by Crippen LogP contribution is -2.25. The predicted molar refractivity (Wildman–Crippen MR) is 49.1 cm³/mol. The van der Waals surface area contributed by atoms with E-state index in [0.29, 0.717) is 13.0 Å². The summed E-state index contributed by atoms with van der Waals surface area (Å²) in [6, 6.07) is 0. The van der Waals surface area contributed by atoms with Crippen LogP contribution in [0.25, 0.3) is 0 Å². The van der Waals surface area contributed by atoms with Gasteiger partial charge in [-0.15, -0.1) is 0 Å². The number of nitrogens with two attached hydrogens (primary N) is 1. The summed E-state index contributed by atoms with van der Waals surface area (Å²) in [6.07, 6.45) is 4.17. The van der Waals surface area contributed by atoms with Gasteiger partial charge in [0.1, 0.15) is 0 Å². The van der Waals surface area contributed by atoms with E-state index in [1.807, 2.05) is 13.2 Å². The van der Waals surface area contributed by atoms with E-state index in [4.69, 9.17) is 5.73 Å². The number of aromatic nitrogens is 2. The highest BCUT2D eigenvalue weighted by Gasteiger charge is 2.37. The van der Waals surface area contributed by atoms with Crippen LogP contribution in [-0.2, 0) is 19.1 Å². The molecule has 2 rings (SSSR count). The Kier molecular flexibility index (Phi) is 1.89. The van der Waals surface area contributed by atoms with Crippen molar-refractivity contribution in [1.29, 1.82) is 0 Å². The van der Waals surface area contributed by atoms with E-state index < -0.39 is 5.60 Å². The van der Waals surface area contributed by atoms with Crippen molar-refractivity contribution in [3.63, 3.8) is 0 Å². The molecule has 0 bridgehead atoms. The lowest BCUT2D eigenvalue weighted by atomic mass is 9.94. The smallest absolute Gasteiger partial charge is 0.0945 e. The monoisotopic (exact) mass is 181 g/mol. The van der Waals surface area contributed by atoms with E-state index in [1.165, 1.54) is 0 Å². The molecular weight excluding hydrogens is 166 g/mol. The molecule has 0 fully saturated rings. The number of aliphatic hydroxyl groups is 1. The zero-order valence-electron chi connectivity index (χ0n) is 7.82. The maximum absolute atomic E-state index is 10.2. The van der Waals surface area contributed by atoms with Crippen LogP contribution in [0.4, 0.5) is 0 Å². The van der Waals surface area contributed by atoms with Crippen LogP contribution in [0.5, 0.6) is 0 Å². The van der Waals surface area contributed by atoms with Crippen molar-refractivity contribution in [2.75, 3.05) is 6.54 Å². The number of aryl methyl sites for hydroxylation is 2. The zero-order valence-corrected chi connectivity index (χ0v) is 7.82. The molecule has 13 heavy (non-hydrogen) atoms. The zero-order chi connectivity index (χ0) is 9.47. The minimum absolute atomic E-state index is 0.519. The fraction of sp³-hybridized carbons (Fsp3) is 0.667. The average Bonchev–Trinajstić information content (AvgIpc) is 2.54. The van der Waals surface area contributed by atoms with Crippen LogP contribution in [0.15, 0.2) is 6.20 Å². The molecular formula is C9H15N3O. The molecule has 72 valence electrons. The molecule has 4 heteroatoms. The van der Waals surface area contributed by atoms with Crippen LogP contribution >= 0.6 is 0 Å². The Morgan fingerprint density at radius 2 is 2.54 bits per heavy atom. The molecule has 0 radical (unpaired) electrons. The Hall–Kier alpha value is -0.870. The molecule has 0 saturated heterocycles. The average molecular weight is 181 g/mol. The Morgan fingerprint density at radius 1 is 1.77 bits per heavy atom. The molecule has 0 aromatic carbocycles. The first-order valence-corrected chi connectivity index (χ1v) is 4.61. The molecule has 1 heterocycles. The van der Waals surface area contributed by atoms with Crippen LogP contribution in [0.2, 0.25) is 0 Å². The van der Waals surface area contributed by atoms with Gasteiger partial charge >= 0.3 is 0 Å². The topological polar surface area (TPSA) is 64.1 Å². The standard InChI is InChI=1S/C9H15N3O/c1-12-6-7-8(11-12)2-3-9(7,13)4-5-10/h6,13H,2-5,10H2,1H3. The third-order valence-corrected chi connectivity index (χ3v) is 2.74. The van der Waals surface area contributed by atoms with Crippen LogP contribution in [-0.4, -0.2) is 21.4 Å². The first-order chi connectivity index (χ1) is 6.15. The number of fused-ring (bicyclic) bond motifs is 1. The van der Waals surface area contributed by atoms with Gasteiger partial charge < -0.3 is 10.8 Å². The number of nitrogens with zero attached hydrogens (tertiary/aromatic N) is 2. The number of rotatable bonds is 2. The Labute approximate surface area is 77.4 Å². The molecule has 1 aliphatic rings. The fourth-order valence-corrected chi connectivity index (χ4v) is 2.07. The fourth-order valence-electron chi connectivity index (χ4n) is 2.07. The van der Waals surface area contributed by atoms with Gasteiger partial charge in [-0.25, -0.2) is 0 Å².